The highest BCUT2D eigenvalue weighted by molar-refractivity contribution is 5.94. The molecule has 1 amide bonds. The van der Waals surface area contributed by atoms with Crippen molar-refractivity contribution < 1.29 is 9.53 Å². The number of carbonyl (C=O) groups excluding carboxylic acids is 1. The Hall–Kier alpha value is -3.30. The first kappa shape index (κ1) is 26.9. The van der Waals surface area contributed by atoms with Crippen LogP contribution in [0, 0.1) is 5.92 Å². The number of nitrogens with zero attached hydrogens (tertiary/aromatic N) is 6. The van der Waals surface area contributed by atoms with Crippen LogP contribution in [-0.4, -0.2) is 96.2 Å². The molecule has 0 bridgehead atoms. The smallest absolute Gasteiger partial charge is 0.225 e. The second-order valence-corrected chi connectivity index (χ2v) is 11.5. The summed E-state index contributed by atoms with van der Waals surface area (Å²) in [5.74, 6) is 2.21. The van der Waals surface area contributed by atoms with E-state index in [0.717, 1.165) is 98.7 Å². The number of rotatable bonds is 8. The van der Waals surface area contributed by atoms with Crippen LogP contribution in [0.3, 0.4) is 0 Å². The molecule has 0 aliphatic carbocycles. The second kappa shape index (κ2) is 12.5. The molecule has 0 radical (unpaired) electrons. The minimum absolute atomic E-state index is 0.0787. The van der Waals surface area contributed by atoms with Crippen LogP contribution in [0.2, 0.25) is 0 Å². The number of likely N-dealkylation sites (N-methyl/N-ethyl adjacent to an activating group) is 1. The molecule has 3 fully saturated rings. The quantitative estimate of drug-likeness (QED) is 0.455. The fourth-order valence-corrected chi connectivity index (χ4v) is 6.25. The third kappa shape index (κ3) is 6.20. The van der Waals surface area contributed by atoms with E-state index in [1.54, 1.807) is 0 Å². The highest BCUT2D eigenvalue weighted by Gasteiger charge is 2.29. The van der Waals surface area contributed by atoms with Crippen molar-refractivity contribution in [2.24, 2.45) is 5.92 Å². The monoisotopic (exact) mass is 543 g/mol. The van der Waals surface area contributed by atoms with Crippen LogP contribution in [0.4, 0.5) is 11.6 Å². The molecular formula is C31H41N7O2. The van der Waals surface area contributed by atoms with Crippen LogP contribution in [0.25, 0.3) is 22.0 Å². The summed E-state index contributed by atoms with van der Waals surface area (Å²) < 4.78 is 5.50. The summed E-state index contributed by atoms with van der Waals surface area (Å²) in [6.07, 6.45) is 11.8. The van der Waals surface area contributed by atoms with E-state index in [0.29, 0.717) is 6.04 Å². The van der Waals surface area contributed by atoms with Crippen molar-refractivity contribution in [3.05, 3.63) is 42.9 Å². The number of hydrogen-bond donors (Lipinski definition) is 1. The number of likely N-dealkylation sites (tertiary alicyclic amines) is 1. The van der Waals surface area contributed by atoms with Crippen LogP contribution in [0.5, 0.6) is 0 Å². The standard InChI is InChI=1S/C31H41N7O2/c1-36(16-17-37-12-2-3-13-37)31(39)23-6-14-38(15-7-23)30-27-5-10-32-22-25(27)20-28(35-30)24-4-11-33-29(21-24)34-26-8-18-40-19-9-26/h4-5,10-11,20-23,26H,2-3,6-9,12-19H2,1H3,(H,33,34). The van der Waals surface area contributed by atoms with E-state index in [9.17, 15) is 4.79 Å². The van der Waals surface area contributed by atoms with Crippen molar-refractivity contribution in [1.29, 1.82) is 0 Å². The first-order valence-corrected chi connectivity index (χ1v) is 14.9. The lowest BCUT2D eigenvalue weighted by atomic mass is 9.95. The van der Waals surface area contributed by atoms with Gasteiger partial charge in [-0.05, 0) is 75.9 Å². The Morgan fingerprint density at radius 3 is 2.65 bits per heavy atom. The molecule has 9 nitrogen and oxygen atoms in total. The van der Waals surface area contributed by atoms with E-state index >= 15 is 0 Å². The summed E-state index contributed by atoms with van der Waals surface area (Å²) in [6, 6.07) is 8.66. The number of amides is 1. The van der Waals surface area contributed by atoms with E-state index in [2.05, 4.69) is 43.3 Å². The number of anilines is 2. The highest BCUT2D eigenvalue weighted by Crippen LogP contribution is 2.33. The molecule has 0 atom stereocenters. The molecule has 0 spiro atoms. The van der Waals surface area contributed by atoms with E-state index in [1.165, 1.54) is 25.9 Å². The van der Waals surface area contributed by atoms with Gasteiger partial charge in [-0.1, -0.05) is 0 Å². The van der Waals surface area contributed by atoms with Crippen molar-refractivity contribution in [1.82, 2.24) is 24.8 Å². The predicted octanol–water partition coefficient (Wildman–Crippen LogP) is 4.05. The minimum atomic E-state index is 0.0787. The molecular weight excluding hydrogens is 502 g/mol. The molecule has 3 saturated heterocycles. The molecule has 0 unspecified atom stereocenters. The van der Waals surface area contributed by atoms with Gasteiger partial charge < -0.3 is 24.8 Å². The van der Waals surface area contributed by atoms with Gasteiger partial charge in [0.05, 0.1) is 5.69 Å². The summed E-state index contributed by atoms with van der Waals surface area (Å²) in [5.41, 5.74) is 1.94. The Kier molecular flexibility index (Phi) is 8.39. The van der Waals surface area contributed by atoms with Crippen molar-refractivity contribution >= 4 is 28.3 Å². The number of carbonyl (C=O) groups is 1. The SMILES string of the molecule is CN(CCN1CCCC1)C(=O)C1CCN(c2nc(-c3ccnc(NC4CCOCC4)c3)cc3cnccc23)CC1. The molecule has 6 rings (SSSR count). The topological polar surface area (TPSA) is 86.7 Å². The maximum Gasteiger partial charge on any atom is 0.225 e. The van der Waals surface area contributed by atoms with E-state index in [1.807, 2.05) is 36.6 Å². The van der Waals surface area contributed by atoms with Gasteiger partial charge in [0.25, 0.3) is 0 Å². The lowest BCUT2D eigenvalue weighted by Gasteiger charge is -2.35. The number of pyridine rings is 3. The van der Waals surface area contributed by atoms with E-state index < -0.39 is 0 Å². The number of hydrogen-bond acceptors (Lipinski definition) is 8. The van der Waals surface area contributed by atoms with Crippen LogP contribution in [0.15, 0.2) is 42.9 Å². The Labute approximate surface area is 236 Å². The van der Waals surface area contributed by atoms with Crippen molar-refractivity contribution in [3.8, 4) is 11.3 Å². The zero-order chi connectivity index (χ0) is 27.3. The van der Waals surface area contributed by atoms with Crippen LogP contribution in [0.1, 0.15) is 38.5 Å². The van der Waals surface area contributed by atoms with Crippen molar-refractivity contribution in [3.63, 3.8) is 0 Å². The molecule has 40 heavy (non-hydrogen) atoms. The lowest BCUT2D eigenvalue weighted by Crippen LogP contribution is -2.43. The zero-order valence-electron chi connectivity index (χ0n) is 23.6. The minimum Gasteiger partial charge on any atom is -0.381 e. The molecule has 3 aromatic heterocycles. The molecule has 9 heteroatoms. The summed E-state index contributed by atoms with van der Waals surface area (Å²) in [5, 5.41) is 5.74. The molecule has 0 saturated carbocycles. The summed E-state index contributed by atoms with van der Waals surface area (Å²) >= 11 is 0. The average molecular weight is 544 g/mol. The Bertz CT molecular complexity index is 1300. The van der Waals surface area contributed by atoms with E-state index in [4.69, 9.17) is 9.72 Å². The van der Waals surface area contributed by atoms with Crippen molar-refractivity contribution in [2.75, 3.05) is 69.7 Å². The first-order valence-electron chi connectivity index (χ1n) is 14.9. The van der Waals surface area contributed by atoms with E-state index in [-0.39, 0.29) is 11.8 Å². The number of ether oxygens (including phenoxy) is 1. The summed E-state index contributed by atoms with van der Waals surface area (Å²) in [6.45, 7) is 7.35. The maximum absolute atomic E-state index is 13.2. The van der Waals surface area contributed by atoms with Gasteiger partial charge in [-0.3, -0.25) is 9.78 Å². The first-order chi connectivity index (χ1) is 19.6. The molecule has 3 aliphatic rings. The normalized spacial score (nSPS) is 19.3. The van der Waals surface area contributed by atoms with Gasteiger partial charge in [0, 0.05) is 93.3 Å². The fraction of sp³-hybridized carbons (Fsp3) is 0.548. The number of fused-ring (bicyclic) bond motifs is 1. The predicted molar refractivity (Wildman–Crippen MR) is 158 cm³/mol. The number of nitrogens with one attached hydrogen (secondary N) is 1. The van der Waals surface area contributed by atoms with Gasteiger partial charge in [0.1, 0.15) is 11.6 Å². The lowest BCUT2D eigenvalue weighted by molar-refractivity contribution is -0.135. The molecule has 6 heterocycles. The number of piperidine rings is 1. The maximum atomic E-state index is 13.2. The third-order valence-corrected chi connectivity index (χ3v) is 8.71. The third-order valence-electron chi connectivity index (χ3n) is 8.71. The largest absolute Gasteiger partial charge is 0.381 e. The highest BCUT2D eigenvalue weighted by atomic mass is 16.5. The molecule has 0 aromatic carbocycles. The van der Waals surface area contributed by atoms with Crippen LogP contribution < -0.4 is 10.2 Å². The zero-order valence-corrected chi connectivity index (χ0v) is 23.6. The summed E-state index contributed by atoms with van der Waals surface area (Å²) in [4.78, 5) is 34.1. The van der Waals surface area contributed by atoms with Gasteiger partial charge in [-0.25, -0.2) is 9.97 Å². The Morgan fingerprint density at radius 2 is 1.85 bits per heavy atom. The van der Waals surface area contributed by atoms with Gasteiger partial charge in [-0.2, -0.15) is 0 Å². The summed E-state index contributed by atoms with van der Waals surface area (Å²) in [7, 11) is 1.97. The van der Waals surface area contributed by atoms with Gasteiger partial charge in [-0.15, -0.1) is 0 Å². The fourth-order valence-electron chi connectivity index (χ4n) is 6.25. The van der Waals surface area contributed by atoms with Crippen LogP contribution in [-0.2, 0) is 9.53 Å². The van der Waals surface area contributed by atoms with Gasteiger partial charge >= 0.3 is 0 Å². The molecule has 212 valence electrons. The molecule has 1 N–H and O–H groups in total. The average Bonchev–Trinajstić information content (AvgIpc) is 3.54. The van der Waals surface area contributed by atoms with Crippen LogP contribution >= 0.6 is 0 Å². The Morgan fingerprint density at radius 1 is 1.05 bits per heavy atom. The molecule has 3 aliphatic heterocycles. The Balaban J connectivity index is 1.16. The number of aromatic nitrogens is 3. The second-order valence-electron chi connectivity index (χ2n) is 11.5. The molecule has 3 aromatic rings. The van der Waals surface area contributed by atoms with Gasteiger partial charge in [0.2, 0.25) is 5.91 Å². The van der Waals surface area contributed by atoms with Gasteiger partial charge in [0.15, 0.2) is 0 Å². The van der Waals surface area contributed by atoms with Crippen molar-refractivity contribution in [2.45, 2.75) is 44.6 Å².